The Bertz CT molecular complexity index is 782. The molecule has 30 heavy (non-hydrogen) atoms. The number of hydrogen-bond donors (Lipinski definition) is 2. The summed E-state index contributed by atoms with van der Waals surface area (Å²) in [5.41, 5.74) is 3.18. The van der Waals surface area contributed by atoms with E-state index in [1.54, 1.807) is 18.9 Å². The zero-order valence-corrected chi connectivity index (χ0v) is 19.8. The lowest BCUT2D eigenvalue weighted by Crippen LogP contribution is -2.27. The Hall–Kier alpha value is -1.40. The number of thioether (sulfide) groups is 1. The largest absolute Gasteiger partial charge is 0.496 e. The number of benzene rings is 2. The zero-order chi connectivity index (χ0) is 22.1. The predicted octanol–water partition coefficient (Wildman–Crippen LogP) is 5.65. The fraction of sp³-hybridized carbons (Fsp3) is 0.500. The highest BCUT2D eigenvalue weighted by molar-refractivity contribution is 8.00. The summed E-state index contributed by atoms with van der Waals surface area (Å²) in [7, 11) is 1.63. The molecule has 4 nitrogen and oxygen atoms in total. The number of ether oxygens (including phenoxy) is 2. The van der Waals surface area contributed by atoms with Crippen LogP contribution < -0.4 is 9.47 Å². The van der Waals surface area contributed by atoms with E-state index in [-0.39, 0.29) is 17.1 Å². The Morgan fingerprint density at radius 1 is 1.13 bits per heavy atom. The first-order valence-corrected chi connectivity index (χ1v) is 11.9. The number of methoxy groups -OCH3 is 1. The van der Waals surface area contributed by atoms with Gasteiger partial charge in [0.25, 0.3) is 0 Å². The standard InChI is InChI=1S/C22H27ClO4S.C2H6/c1-3-27-17-6-4-14(5-7-17)8-15-9-19(21(26-2)12-20(15)23)22-11-16(25)10-18(13-24)28-22;1-2/h4-7,9,12,16,18,22,24-25H,3,8,10-11,13H2,1-2H3;1-2H3. The predicted molar refractivity (Wildman–Crippen MR) is 126 cm³/mol. The van der Waals surface area contributed by atoms with E-state index in [4.69, 9.17) is 21.1 Å². The maximum absolute atomic E-state index is 10.2. The minimum absolute atomic E-state index is 0.0312. The van der Waals surface area contributed by atoms with Crippen molar-refractivity contribution >= 4 is 23.4 Å². The molecule has 1 aliphatic rings. The molecule has 0 saturated carbocycles. The minimum atomic E-state index is -0.418. The van der Waals surface area contributed by atoms with Crippen molar-refractivity contribution in [3.63, 3.8) is 0 Å². The molecule has 1 heterocycles. The van der Waals surface area contributed by atoms with Crippen molar-refractivity contribution in [2.45, 2.75) is 56.6 Å². The molecule has 1 saturated heterocycles. The van der Waals surface area contributed by atoms with Crippen LogP contribution in [0.5, 0.6) is 11.5 Å². The van der Waals surface area contributed by atoms with Crippen LogP contribution in [0.15, 0.2) is 36.4 Å². The molecule has 1 fully saturated rings. The Labute approximate surface area is 189 Å². The van der Waals surface area contributed by atoms with Gasteiger partial charge in [-0.1, -0.05) is 37.6 Å². The fourth-order valence-corrected chi connectivity index (χ4v) is 5.35. The van der Waals surface area contributed by atoms with E-state index in [2.05, 4.69) is 6.07 Å². The first-order chi connectivity index (χ1) is 14.5. The van der Waals surface area contributed by atoms with Gasteiger partial charge in [-0.25, -0.2) is 0 Å². The zero-order valence-electron chi connectivity index (χ0n) is 18.2. The van der Waals surface area contributed by atoms with Crippen molar-refractivity contribution in [2.75, 3.05) is 20.3 Å². The maximum Gasteiger partial charge on any atom is 0.124 e. The summed E-state index contributed by atoms with van der Waals surface area (Å²) in [6, 6.07) is 12.0. The normalized spacial score (nSPS) is 20.8. The van der Waals surface area contributed by atoms with E-state index in [1.165, 1.54) is 0 Å². The van der Waals surface area contributed by atoms with Gasteiger partial charge in [-0.3, -0.25) is 0 Å². The highest BCUT2D eigenvalue weighted by Crippen LogP contribution is 2.46. The van der Waals surface area contributed by atoms with Crippen molar-refractivity contribution in [1.82, 2.24) is 0 Å². The molecule has 0 radical (unpaired) electrons. The van der Waals surface area contributed by atoms with E-state index in [1.807, 2.05) is 51.1 Å². The van der Waals surface area contributed by atoms with Gasteiger partial charge in [-0.15, -0.1) is 11.8 Å². The van der Waals surface area contributed by atoms with Gasteiger partial charge in [0.05, 0.1) is 26.4 Å². The second-order valence-corrected chi connectivity index (χ2v) is 8.91. The summed E-state index contributed by atoms with van der Waals surface area (Å²) in [4.78, 5) is 0. The van der Waals surface area contributed by atoms with Crippen LogP contribution >= 0.6 is 23.4 Å². The number of halogens is 1. The van der Waals surface area contributed by atoms with Gasteiger partial charge in [0.2, 0.25) is 0 Å². The van der Waals surface area contributed by atoms with Crippen molar-refractivity contribution in [3.8, 4) is 11.5 Å². The van der Waals surface area contributed by atoms with Crippen LogP contribution in [-0.2, 0) is 6.42 Å². The quantitative estimate of drug-likeness (QED) is 0.568. The summed E-state index contributed by atoms with van der Waals surface area (Å²) >= 11 is 8.23. The van der Waals surface area contributed by atoms with Gasteiger partial charge in [0.15, 0.2) is 0 Å². The highest BCUT2D eigenvalue weighted by Gasteiger charge is 2.31. The molecule has 3 atom stereocenters. The third-order valence-corrected chi connectivity index (χ3v) is 6.81. The first kappa shape index (κ1) is 24.9. The van der Waals surface area contributed by atoms with Gasteiger partial charge in [-0.2, -0.15) is 0 Å². The molecule has 3 unspecified atom stereocenters. The number of aliphatic hydroxyl groups is 2. The Balaban J connectivity index is 0.00000155. The second-order valence-electron chi connectivity index (χ2n) is 6.99. The Kier molecular flexibility index (Phi) is 10.3. The van der Waals surface area contributed by atoms with E-state index in [0.29, 0.717) is 30.9 Å². The summed E-state index contributed by atoms with van der Waals surface area (Å²) in [6.07, 6.45) is 1.54. The molecule has 166 valence electrons. The van der Waals surface area contributed by atoms with Crippen molar-refractivity contribution in [1.29, 1.82) is 0 Å². The molecule has 6 heteroatoms. The van der Waals surface area contributed by atoms with Crippen molar-refractivity contribution in [2.24, 2.45) is 0 Å². The van der Waals surface area contributed by atoms with Gasteiger partial charge < -0.3 is 19.7 Å². The number of aliphatic hydroxyl groups excluding tert-OH is 2. The molecule has 0 aliphatic carbocycles. The van der Waals surface area contributed by atoms with Crippen LogP contribution in [0.1, 0.15) is 55.6 Å². The van der Waals surface area contributed by atoms with Crippen LogP contribution in [0.2, 0.25) is 5.02 Å². The van der Waals surface area contributed by atoms with Crippen molar-refractivity contribution in [3.05, 3.63) is 58.1 Å². The lowest BCUT2D eigenvalue weighted by Gasteiger charge is -2.32. The van der Waals surface area contributed by atoms with Crippen LogP contribution in [-0.4, -0.2) is 41.9 Å². The lowest BCUT2D eigenvalue weighted by atomic mass is 9.97. The molecule has 2 aromatic rings. The molecule has 0 bridgehead atoms. The molecule has 0 spiro atoms. The Morgan fingerprint density at radius 2 is 1.83 bits per heavy atom. The third-order valence-electron chi connectivity index (χ3n) is 4.96. The molecule has 2 N–H and O–H groups in total. The second kappa shape index (κ2) is 12.5. The van der Waals surface area contributed by atoms with Crippen LogP contribution in [0.3, 0.4) is 0 Å². The summed E-state index contributed by atoms with van der Waals surface area (Å²) < 4.78 is 11.1. The molecule has 2 aromatic carbocycles. The molecule has 0 aromatic heterocycles. The van der Waals surface area contributed by atoms with Gasteiger partial charge in [0, 0.05) is 21.1 Å². The van der Waals surface area contributed by atoms with Crippen LogP contribution in [0.4, 0.5) is 0 Å². The molecular formula is C24H33ClO4S. The summed E-state index contributed by atoms with van der Waals surface area (Å²) in [5.74, 6) is 1.58. The topological polar surface area (TPSA) is 58.9 Å². The third kappa shape index (κ3) is 6.55. The van der Waals surface area contributed by atoms with Gasteiger partial charge in [-0.05, 0) is 61.6 Å². The average molecular weight is 453 g/mol. The van der Waals surface area contributed by atoms with Crippen LogP contribution in [0, 0.1) is 0 Å². The number of hydrogen-bond acceptors (Lipinski definition) is 5. The summed E-state index contributed by atoms with van der Waals surface area (Å²) in [6.45, 7) is 6.67. The van der Waals surface area contributed by atoms with E-state index >= 15 is 0 Å². The molecule has 0 amide bonds. The average Bonchev–Trinajstić information content (AvgIpc) is 2.77. The van der Waals surface area contributed by atoms with E-state index in [9.17, 15) is 10.2 Å². The maximum atomic E-state index is 10.2. The van der Waals surface area contributed by atoms with Gasteiger partial charge in [0.1, 0.15) is 11.5 Å². The molecule has 1 aliphatic heterocycles. The first-order valence-electron chi connectivity index (χ1n) is 10.6. The highest BCUT2D eigenvalue weighted by atomic mass is 35.5. The summed E-state index contributed by atoms with van der Waals surface area (Å²) in [5, 5.41) is 20.5. The minimum Gasteiger partial charge on any atom is -0.496 e. The van der Waals surface area contributed by atoms with Gasteiger partial charge >= 0.3 is 0 Å². The lowest BCUT2D eigenvalue weighted by molar-refractivity contribution is 0.136. The van der Waals surface area contributed by atoms with Crippen molar-refractivity contribution < 1.29 is 19.7 Å². The monoisotopic (exact) mass is 452 g/mol. The Morgan fingerprint density at radius 3 is 2.43 bits per heavy atom. The SMILES string of the molecule is CC.CCOc1ccc(Cc2cc(C3CC(O)CC(CO)S3)c(OC)cc2Cl)cc1. The van der Waals surface area contributed by atoms with E-state index in [0.717, 1.165) is 28.2 Å². The fourth-order valence-electron chi connectivity index (χ4n) is 3.58. The van der Waals surface area contributed by atoms with Crippen LogP contribution in [0.25, 0.3) is 0 Å². The smallest absolute Gasteiger partial charge is 0.124 e. The molecule has 3 rings (SSSR count). The van der Waals surface area contributed by atoms with E-state index < -0.39 is 6.10 Å². The number of rotatable bonds is 7. The molecular weight excluding hydrogens is 420 g/mol.